The quantitative estimate of drug-likeness (QED) is 0.119. The normalized spacial score (nSPS) is 24.9. The van der Waals surface area contributed by atoms with Crippen LogP contribution in [0.3, 0.4) is 0 Å². The predicted octanol–water partition coefficient (Wildman–Crippen LogP) is 13.3. The Hall–Kier alpha value is -0.140. The van der Waals surface area contributed by atoms with Crippen LogP contribution in [0.25, 0.3) is 0 Å². The number of rotatable bonds is 20. The average Bonchev–Trinajstić information content (AvgIpc) is 3.10. The second-order valence-electron chi connectivity index (χ2n) is 26.4. The van der Waals surface area contributed by atoms with Crippen molar-refractivity contribution < 1.29 is 46.6 Å². The molecule has 0 aromatic heterocycles. The summed E-state index contributed by atoms with van der Waals surface area (Å²) in [6, 6.07) is 0. The summed E-state index contributed by atoms with van der Waals surface area (Å²) >= 11 is 0. The van der Waals surface area contributed by atoms with Crippen molar-refractivity contribution in [1.29, 1.82) is 0 Å². The molecule has 0 aromatic rings. The molecule has 3 aliphatic heterocycles. The van der Waals surface area contributed by atoms with Crippen molar-refractivity contribution in [3.8, 4) is 0 Å². The molecule has 0 radical (unpaired) electrons. The lowest BCUT2D eigenvalue weighted by atomic mass is 9.49. The van der Waals surface area contributed by atoms with Crippen molar-refractivity contribution in [2.75, 3.05) is 0 Å². The molecule has 14 heteroatoms. The summed E-state index contributed by atoms with van der Waals surface area (Å²) in [4.78, 5) is 0. The molecule has 65 heavy (non-hydrogen) atoms. The van der Waals surface area contributed by atoms with Crippen LogP contribution in [0.5, 0.6) is 0 Å². The van der Waals surface area contributed by atoms with Gasteiger partial charge in [-0.1, -0.05) is 208 Å². The third-order valence-electron chi connectivity index (χ3n) is 18.5. The van der Waals surface area contributed by atoms with E-state index in [0.29, 0.717) is 11.8 Å². The largest absolute Gasteiger partial charge is 0.679 e. The first-order chi connectivity index (χ1) is 29.1. The first kappa shape index (κ1) is 59.2. The fraction of sp³-hybridized carbons (Fsp3) is 1.00. The van der Waals surface area contributed by atoms with Crippen LogP contribution in [0, 0.1) is 93.2 Å². The standard InChI is InChI=1S/C51H104B4O10/c1-31(2)43(32(3)4)44(25,26)48(35(9)10,36(11)12)57-52-61-54-59-50(39(17)18,40(19)20)46(29,30)51(41(21)22,42(23)24)60-55(62-52,65-54)64-53(63-54)58-49(37(13)14,38(15)16)45(27,28)47(56,33(5)6)34(7)8/h31-43,56H,1-30H3/q-2. The Bertz CT molecular complexity index is 1470. The van der Waals surface area contributed by atoms with Crippen LogP contribution in [0.4, 0.5) is 0 Å². The van der Waals surface area contributed by atoms with Crippen LogP contribution >= 0.6 is 0 Å². The van der Waals surface area contributed by atoms with E-state index < -0.39 is 72.8 Å². The summed E-state index contributed by atoms with van der Waals surface area (Å²) in [5.41, 5.74) is -7.00. The SMILES string of the molecule is CC(C)C(C(C)C)C(C)(C)C(OB1O[B-]23OB(OC(C(C)C)(C(C)C)C(C)(C)C(O)(C(C)C)C(C)C)O[B-](O1)(O2)OC(C(C)C)(C(C)C)C(C)(C)C(C(C)C)(C(C)C)O3)(C(C)C)C(C)C. The Kier molecular flexibility index (Phi) is 17.7. The van der Waals surface area contributed by atoms with E-state index in [4.69, 9.17) is 41.5 Å². The zero-order valence-corrected chi connectivity index (χ0v) is 47.9. The van der Waals surface area contributed by atoms with Crippen LogP contribution in [-0.4, -0.2) is 61.7 Å². The highest BCUT2D eigenvalue weighted by Gasteiger charge is 2.73. The molecule has 0 aliphatic carbocycles. The summed E-state index contributed by atoms with van der Waals surface area (Å²) in [5.74, 6) is 0.165. The Morgan fingerprint density at radius 3 is 0.954 bits per heavy atom. The predicted molar refractivity (Wildman–Crippen MR) is 272 cm³/mol. The summed E-state index contributed by atoms with van der Waals surface area (Å²) in [5, 5.41) is 13.0. The van der Waals surface area contributed by atoms with E-state index in [1.807, 2.05) is 0 Å². The maximum absolute atomic E-state index is 13.0. The summed E-state index contributed by atoms with van der Waals surface area (Å²) in [6.07, 6.45) is 0. The minimum absolute atomic E-state index is 0.0160. The Morgan fingerprint density at radius 2 is 0.723 bits per heavy atom. The van der Waals surface area contributed by atoms with Crippen molar-refractivity contribution in [1.82, 2.24) is 0 Å². The molecule has 3 fully saturated rings. The van der Waals surface area contributed by atoms with E-state index in [-0.39, 0.29) is 65.1 Å². The van der Waals surface area contributed by atoms with E-state index in [0.717, 1.165) is 0 Å². The molecule has 2 atom stereocenters. The Balaban J connectivity index is 2.59. The third kappa shape index (κ3) is 8.78. The Morgan fingerprint density at radius 1 is 0.446 bits per heavy atom. The van der Waals surface area contributed by atoms with Crippen LogP contribution in [-0.2, 0) is 41.5 Å². The van der Waals surface area contributed by atoms with Gasteiger partial charge in [0.2, 0.25) is 0 Å². The maximum atomic E-state index is 13.0. The molecular formula is C51H104B4O10-2. The summed E-state index contributed by atoms with van der Waals surface area (Å²) in [7, 11) is -2.87. The van der Waals surface area contributed by atoms with Gasteiger partial charge in [0.1, 0.15) is 0 Å². The molecule has 0 spiro atoms. The highest BCUT2D eigenvalue weighted by atomic mass is 17.1. The molecule has 0 amide bonds. The van der Waals surface area contributed by atoms with Gasteiger partial charge in [-0.05, 0) is 82.3 Å². The molecule has 0 aromatic carbocycles. The average molecular weight is 921 g/mol. The molecule has 3 saturated heterocycles. The molecule has 2 unspecified atom stereocenters. The van der Waals surface area contributed by atoms with Crippen LogP contribution in [0.2, 0.25) is 0 Å². The first-order valence-electron chi connectivity index (χ1n) is 26.3. The van der Waals surface area contributed by atoms with Gasteiger partial charge in [0.05, 0.1) is 16.8 Å². The monoisotopic (exact) mass is 921 g/mol. The molecule has 3 heterocycles. The fourth-order valence-corrected chi connectivity index (χ4v) is 17.7. The van der Waals surface area contributed by atoms with Crippen LogP contribution in [0.15, 0.2) is 0 Å². The van der Waals surface area contributed by atoms with E-state index in [9.17, 15) is 5.11 Å². The van der Waals surface area contributed by atoms with Crippen molar-refractivity contribution in [3.05, 3.63) is 0 Å². The lowest BCUT2D eigenvalue weighted by Crippen LogP contribution is -2.86. The lowest BCUT2D eigenvalue weighted by Gasteiger charge is -2.77. The third-order valence-corrected chi connectivity index (χ3v) is 18.5. The minimum atomic E-state index is -3.32. The lowest BCUT2D eigenvalue weighted by molar-refractivity contribution is -0.292. The molecule has 1 N–H and O–H groups in total. The van der Waals surface area contributed by atoms with Crippen molar-refractivity contribution in [2.24, 2.45) is 93.2 Å². The topological polar surface area (TPSA) is 103 Å². The second kappa shape index (κ2) is 19.5. The smallest absolute Gasteiger partial charge is 0.556 e. The second-order valence-corrected chi connectivity index (χ2v) is 26.4. The molecular weight excluding hydrogens is 816 g/mol. The van der Waals surface area contributed by atoms with E-state index in [2.05, 4.69) is 208 Å². The highest BCUT2D eigenvalue weighted by molar-refractivity contribution is 6.85. The molecule has 3 rings (SSSR count). The zero-order chi connectivity index (χ0) is 51.0. The van der Waals surface area contributed by atoms with Crippen LogP contribution < -0.4 is 0 Å². The van der Waals surface area contributed by atoms with Gasteiger partial charge in [0, 0.05) is 22.0 Å². The van der Waals surface area contributed by atoms with Gasteiger partial charge in [-0.2, -0.15) is 0 Å². The molecule has 3 aliphatic rings. The van der Waals surface area contributed by atoms with Gasteiger partial charge in [-0.25, -0.2) is 0 Å². The zero-order valence-electron chi connectivity index (χ0n) is 47.9. The summed E-state index contributed by atoms with van der Waals surface area (Å²) in [6.45, 7) is 59.5. The molecule has 10 nitrogen and oxygen atoms in total. The van der Waals surface area contributed by atoms with Gasteiger partial charge >= 0.3 is 28.6 Å². The maximum Gasteiger partial charge on any atom is 0.556 e. The van der Waals surface area contributed by atoms with Gasteiger partial charge in [0.25, 0.3) is 0 Å². The number of hydrogen-bond donors (Lipinski definition) is 1. The highest BCUT2D eigenvalue weighted by Crippen LogP contribution is 2.64. The molecule has 0 saturated carbocycles. The van der Waals surface area contributed by atoms with E-state index in [1.165, 1.54) is 0 Å². The molecule has 382 valence electrons. The van der Waals surface area contributed by atoms with Gasteiger partial charge < -0.3 is 46.6 Å². The number of hydrogen-bond acceptors (Lipinski definition) is 10. The van der Waals surface area contributed by atoms with Crippen LogP contribution in [0.1, 0.15) is 208 Å². The summed E-state index contributed by atoms with van der Waals surface area (Å²) < 4.78 is 66.7. The van der Waals surface area contributed by atoms with Crippen molar-refractivity contribution in [2.45, 2.75) is 236 Å². The molecule has 2 bridgehead atoms. The van der Waals surface area contributed by atoms with Crippen molar-refractivity contribution >= 4 is 28.6 Å². The fourth-order valence-electron chi connectivity index (χ4n) is 17.7. The van der Waals surface area contributed by atoms with Gasteiger partial charge in [-0.15, -0.1) is 0 Å². The van der Waals surface area contributed by atoms with Gasteiger partial charge in [0.15, 0.2) is 0 Å². The first-order valence-corrected chi connectivity index (χ1v) is 26.3. The van der Waals surface area contributed by atoms with Gasteiger partial charge in [-0.3, -0.25) is 0 Å². The minimum Gasteiger partial charge on any atom is -0.679 e. The van der Waals surface area contributed by atoms with Crippen molar-refractivity contribution in [3.63, 3.8) is 0 Å². The van der Waals surface area contributed by atoms with E-state index in [1.54, 1.807) is 0 Å². The van der Waals surface area contributed by atoms with E-state index >= 15 is 0 Å². The number of aliphatic hydroxyl groups is 1. The Labute approximate surface area is 402 Å².